The number of aromatic amines is 2. The fraction of sp³-hybridized carbons (Fsp3) is 0.659. The number of amides is 18. The molecule has 2 rings (SSSR count). The molecule has 53 nitrogen and oxygen atoms in total. The average Bonchev–Trinajstić information content (AvgIpc) is 1.75. The second kappa shape index (κ2) is 61.4. The minimum Gasteiger partial charge on any atom is -0.481 e. The van der Waals surface area contributed by atoms with Gasteiger partial charge in [0.1, 0.15) is 90.6 Å². The van der Waals surface area contributed by atoms with E-state index in [1.54, 1.807) is 41.5 Å². The van der Waals surface area contributed by atoms with Crippen molar-refractivity contribution in [1.82, 2.24) is 105 Å². The van der Waals surface area contributed by atoms with Gasteiger partial charge in [0.05, 0.1) is 56.3 Å². The molecule has 0 saturated heterocycles. The highest BCUT2D eigenvalue weighted by molar-refractivity contribution is 6.02. The molecule has 0 spiro atoms. The summed E-state index contributed by atoms with van der Waals surface area (Å²) in [6, 6.07) is -26.6. The van der Waals surface area contributed by atoms with Gasteiger partial charge in [-0.3, -0.25) is 101 Å². The van der Waals surface area contributed by atoms with Gasteiger partial charge in [0.15, 0.2) is 0 Å². The lowest BCUT2D eigenvalue weighted by molar-refractivity contribution is -0.144. The molecule has 18 atom stereocenters. The van der Waals surface area contributed by atoms with Gasteiger partial charge in [-0.15, -0.1) is 0 Å². The summed E-state index contributed by atoms with van der Waals surface area (Å²) < 4.78 is 0. The first-order valence-corrected chi connectivity index (χ1v) is 44.2. The molecular formula is C82H135N25O28. The monoisotopic (exact) mass is 1920 g/mol. The van der Waals surface area contributed by atoms with Gasteiger partial charge < -0.3 is 154 Å². The molecule has 0 fully saturated rings. The Hall–Kier alpha value is -13.4. The number of imidazole rings is 2. The number of unbranched alkanes of at least 4 members (excludes halogenated alkanes) is 2. The Bertz CT molecular complexity index is 4310. The highest BCUT2D eigenvalue weighted by atomic mass is 16.4. The Morgan fingerprint density at radius 2 is 0.674 bits per heavy atom. The number of nitrogens with two attached hydrogens (primary N) is 5. The first-order valence-electron chi connectivity index (χ1n) is 44.2. The van der Waals surface area contributed by atoms with Crippen molar-refractivity contribution in [2.45, 2.75) is 287 Å². The average molecular weight is 1920 g/mol. The van der Waals surface area contributed by atoms with Crippen LogP contribution in [0, 0.1) is 23.7 Å². The molecule has 0 aliphatic heterocycles. The zero-order valence-corrected chi connectivity index (χ0v) is 77.0. The Kier molecular flexibility index (Phi) is 53.5. The van der Waals surface area contributed by atoms with Crippen LogP contribution >= 0.6 is 0 Å². The number of H-pyrrole nitrogens is 2. The number of carboxylic acids is 4. The predicted molar refractivity (Wildman–Crippen MR) is 474 cm³/mol. The van der Waals surface area contributed by atoms with Crippen molar-refractivity contribution in [3.8, 4) is 0 Å². The molecular weight excluding hydrogens is 1780 g/mol. The van der Waals surface area contributed by atoms with E-state index in [0.29, 0.717) is 0 Å². The number of aromatic nitrogens is 4. The lowest BCUT2D eigenvalue weighted by Crippen LogP contribution is -2.62. The Morgan fingerprint density at radius 3 is 1.04 bits per heavy atom. The van der Waals surface area contributed by atoms with Crippen LogP contribution in [0.15, 0.2) is 25.0 Å². The fourth-order valence-electron chi connectivity index (χ4n) is 13.0. The minimum atomic E-state index is -2.06. The molecule has 135 heavy (non-hydrogen) atoms. The number of nitrogens with zero attached hydrogens (tertiary/aromatic N) is 2. The van der Waals surface area contributed by atoms with Crippen molar-refractivity contribution < 1.29 is 136 Å². The number of nitrogens with one attached hydrogen (secondary N) is 18. The second-order valence-electron chi connectivity index (χ2n) is 33.2. The molecule has 0 bridgehead atoms. The SMILES string of the molecule is CC[C@H](C)[C@H](NC(=O)[C@H](CO)NC(=O)[C@H](CCCCN)NC(=O)CNC(=O)[C@H](CCCCN)NC(=O)[C@H](CC(=O)O)NC(=O)[C@H](Cc1c[nH]cn1)NC(=O)[C@@H](NC(=O)[C@H](CC(C)C)NC(=O)[C@H](CCC(N)=O)NC(=O)[C@H](Cc1c[nH]cn1)NC(=O)[C@H](CCC(=O)O)NC(=O)[C@H](CO)NC(=O)[C@@H](NC(=O)[C@H](C)N)C(C)C)[C@@H](C)CC)C(=O)N[C@@H](CCC(N)=O)C(=O)N[C@@H](CCC(=O)O)C(=O)O. The summed E-state index contributed by atoms with van der Waals surface area (Å²) in [5.41, 5.74) is 28.2. The smallest absolute Gasteiger partial charge is 0.326 e. The van der Waals surface area contributed by atoms with Crippen molar-refractivity contribution in [2.24, 2.45) is 52.3 Å². The Balaban J connectivity index is 2.53. The molecule has 0 aliphatic carbocycles. The quantitative estimate of drug-likeness (QED) is 0.0274. The van der Waals surface area contributed by atoms with Crippen molar-refractivity contribution >= 4 is 130 Å². The molecule has 18 amide bonds. The third-order valence-electron chi connectivity index (χ3n) is 21.2. The second-order valence-corrected chi connectivity index (χ2v) is 33.2. The number of carbonyl (C=O) groups is 22. The molecule has 2 heterocycles. The third-order valence-corrected chi connectivity index (χ3v) is 21.2. The van der Waals surface area contributed by atoms with Crippen LogP contribution in [0.4, 0.5) is 0 Å². The standard InChI is InChI=1S/C82H135N25O28/c1-10-41(7)65(80(132)97-49(19-23-59(87)111)70(122)98-51(82(134)135)21-25-62(115)116)107-78(130)57(36-109)103-69(121)47(17-13-15-27-84)93-60(112)34-90-68(120)46(16-12-14-26-83)94-75(127)55(31-63(117)118)101-74(126)54(30-45-33-89-38-92-45)102-81(133)66(42(8)11-2)106-76(128)52(28-39(3)4)99-71(123)48(18-22-58(86)110)95-73(125)53(29-44-32-88-37-91-44)100-72(124)50(20-24-61(113)114)96-77(129)56(35-108)104-79(131)64(40(5)6)105-67(119)43(9)85/h32-33,37-43,46-57,64-66,108-109H,10-31,34-36,83-85H2,1-9H3,(H2,86,110)(H2,87,111)(H,88,91)(H,89,92)(H,90,120)(H,93,112)(H,94,127)(H,95,125)(H,96,129)(H,97,132)(H,98,122)(H,99,123)(H,100,124)(H,101,126)(H,102,133)(H,103,121)(H,104,131)(H,105,119)(H,106,128)(H,107,130)(H,113,114)(H,115,116)(H,117,118)(H,134,135)/t41-,42-,43-,46-,47-,48-,49-,50-,51-,52-,53-,54-,55-,56-,57-,64-,65-,66-/m0/s1. The highest BCUT2D eigenvalue weighted by Gasteiger charge is 2.41. The van der Waals surface area contributed by atoms with Crippen LogP contribution in [-0.4, -0.2) is 310 Å². The predicted octanol–water partition coefficient (Wildman–Crippen LogP) is -9.49. The van der Waals surface area contributed by atoms with E-state index in [-0.39, 0.29) is 82.3 Å². The number of aliphatic hydroxyl groups excluding tert-OH is 2. The van der Waals surface area contributed by atoms with Gasteiger partial charge in [0, 0.05) is 50.9 Å². The number of primary amides is 2. The maximum absolute atomic E-state index is 14.8. The Morgan fingerprint density at radius 1 is 0.356 bits per heavy atom. The number of aliphatic hydroxyl groups is 2. The largest absolute Gasteiger partial charge is 0.481 e. The van der Waals surface area contributed by atoms with Crippen LogP contribution in [0.25, 0.3) is 0 Å². The summed E-state index contributed by atoms with van der Waals surface area (Å²) in [6.07, 6.45) is -1.37. The number of rotatable bonds is 68. The van der Waals surface area contributed by atoms with E-state index in [1.165, 1.54) is 45.8 Å². The summed E-state index contributed by atoms with van der Waals surface area (Å²) in [6.45, 7) is 11.1. The molecule has 0 unspecified atom stereocenters. The summed E-state index contributed by atoms with van der Waals surface area (Å²) in [7, 11) is 0. The molecule has 2 aromatic heterocycles. The Labute approximate surface area is 777 Å². The fourth-order valence-corrected chi connectivity index (χ4v) is 13.0. The summed E-state index contributed by atoms with van der Waals surface area (Å²) in [5, 5.41) is 97.5. The zero-order valence-electron chi connectivity index (χ0n) is 77.0. The van der Waals surface area contributed by atoms with Crippen molar-refractivity contribution in [2.75, 3.05) is 32.8 Å². The third kappa shape index (κ3) is 44.3. The van der Waals surface area contributed by atoms with Gasteiger partial charge >= 0.3 is 23.9 Å². The lowest BCUT2D eigenvalue weighted by Gasteiger charge is -2.30. The molecule has 0 radical (unpaired) electrons. The van der Waals surface area contributed by atoms with E-state index in [1.807, 2.05) is 0 Å². The van der Waals surface area contributed by atoms with Gasteiger partial charge in [0.2, 0.25) is 106 Å². The maximum Gasteiger partial charge on any atom is 0.326 e. The number of hydrogen-bond donors (Lipinski definition) is 29. The van der Waals surface area contributed by atoms with E-state index < -0.39 is 341 Å². The van der Waals surface area contributed by atoms with E-state index in [2.05, 4.69) is 105 Å². The van der Waals surface area contributed by atoms with Gasteiger partial charge in [-0.05, 0) is 114 Å². The number of hydrogen-bond acceptors (Lipinski definition) is 29. The van der Waals surface area contributed by atoms with E-state index >= 15 is 0 Å². The number of carbonyl (C=O) groups excluding carboxylic acids is 18. The van der Waals surface area contributed by atoms with E-state index in [9.17, 15) is 131 Å². The molecule has 0 aromatic carbocycles. The van der Waals surface area contributed by atoms with Gasteiger partial charge in [-0.2, -0.15) is 0 Å². The normalized spacial score (nSPS) is 15.2. The minimum absolute atomic E-state index is 0.0726. The summed E-state index contributed by atoms with van der Waals surface area (Å²) in [5.74, 6) is -28.3. The van der Waals surface area contributed by atoms with Crippen LogP contribution in [0.1, 0.15) is 189 Å². The van der Waals surface area contributed by atoms with E-state index in [0.717, 1.165) is 0 Å². The van der Waals surface area contributed by atoms with Crippen molar-refractivity contribution in [1.29, 1.82) is 0 Å². The molecule has 0 saturated carbocycles. The van der Waals surface area contributed by atoms with Crippen molar-refractivity contribution in [3.63, 3.8) is 0 Å². The molecule has 0 aliphatic rings. The topological polar surface area (TPSA) is 877 Å². The van der Waals surface area contributed by atoms with Gasteiger partial charge in [-0.25, -0.2) is 14.8 Å². The number of carboxylic acid groups (broad SMARTS) is 4. The zero-order chi connectivity index (χ0) is 102. The lowest BCUT2D eigenvalue weighted by atomic mass is 9.96. The molecule has 2 aromatic rings. The van der Waals surface area contributed by atoms with Crippen LogP contribution in [0.3, 0.4) is 0 Å². The summed E-state index contributed by atoms with van der Waals surface area (Å²) in [4.78, 5) is 311. The van der Waals surface area contributed by atoms with E-state index in [4.69, 9.17) is 33.8 Å². The highest BCUT2D eigenvalue weighted by Crippen LogP contribution is 2.18. The molecule has 34 N–H and O–H groups in total. The van der Waals surface area contributed by atoms with Crippen LogP contribution in [-0.2, 0) is 118 Å². The number of aliphatic carboxylic acids is 4. The first kappa shape index (κ1) is 118. The maximum atomic E-state index is 14.8. The molecule has 53 heteroatoms. The van der Waals surface area contributed by atoms with Crippen LogP contribution in [0.2, 0.25) is 0 Å². The van der Waals surface area contributed by atoms with Gasteiger partial charge in [0.25, 0.3) is 0 Å². The summed E-state index contributed by atoms with van der Waals surface area (Å²) >= 11 is 0. The van der Waals surface area contributed by atoms with Gasteiger partial charge in [-0.1, -0.05) is 68.2 Å². The first-order chi connectivity index (χ1) is 63.5. The van der Waals surface area contributed by atoms with Crippen molar-refractivity contribution in [3.05, 3.63) is 36.4 Å². The van der Waals surface area contributed by atoms with Crippen LogP contribution < -0.4 is 114 Å². The molecule has 756 valence electrons. The van der Waals surface area contributed by atoms with Crippen LogP contribution in [0.5, 0.6) is 0 Å².